The fourth-order valence-corrected chi connectivity index (χ4v) is 4.26. The second kappa shape index (κ2) is 8.50. The smallest absolute Gasteiger partial charge is 0.326 e. The van der Waals surface area contributed by atoms with E-state index in [4.69, 9.17) is 14.7 Å². The Labute approximate surface area is 190 Å². The van der Waals surface area contributed by atoms with E-state index in [9.17, 15) is 14.3 Å². The number of ether oxygens (including phenoxy) is 1. The number of hydrogen-bond donors (Lipinski definition) is 1. The topological polar surface area (TPSA) is 75.6 Å². The van der Waals surface area contributed by atoms with Crippen molar-refractivity contribution in [2.24, 2.45) is 0 Å². The molecule has 3 aromatic carbocycles. The number of carbonyl (C=O) groups is 1. The molecule has 0 bridgehead atoms. The fraction of sp³-hybridized carbons (Fsp3) is 0.192. The van der Waals surface area contributed by atoms with Crippen LogP contribution in [0.25, 0.3) is 22.2 Å². The van der Waals surface area contributed by atoms with Crippen molar-refractivity contribution < 1.29 is 19.0 Å². The van der Waals surface area contributed by atoms with Gasteiger partial charge in [0.25, 0.3) is 0 Å². The quantitative estimate of drug-likeness (QED) is 0.433. The van der Waals surface area contributed by atoms with Gasteiger partial charge < -0.3 is 14.7 Å². The van der Waals surface area contributed by atoms with Crippen LogP contribution in [0.15, 0.2) is 66.7 Å². The maximum atomic E-state index is 13.1. The van der Waals surface area contributed by atoms with Crippen LogP contribution in [-0.4, -0.2) is 33.6 Å². The highest BCUT2D eigenvalue weighted by Crippen LogP contribution is 2.34. The predicted molar refractivity (Wildman–Crippen MR) is 124 cm³/mol. The minimum absolute atomic E-state index is 0.317. The molecule has 7 heteroatoms. The highest BCUT2D eigenvalue weighted by Gasteiger charge is 2.33. The van der Waals surface area contributed by atoms with E-state index in [0.717, 1.165) is 34.1 Å². The van der Waals surface area contributed by atoms with Crippen LogP contribution in [-0.2, 0) is 4.79 Å². The van der Waals surface area contributed by atoms with E-state index in [1.165, 1.54) is 12.1 Å². The maximum Gasteiger partial charge on any atom is 0.326 e. The lowest BCUT2D eigenvalue weighted by atomic mass is 10.0. The number of nitrogens with zero attached hydrogens (tertiary/aromatic N) is 3. The molecule has 1 aromatic heterocycles. The summed E-state index contributed by atoms with van der Waals surface area (Å²) >= 11 is 0. The van der Waals surface area contributed by atoms with E-state index in [1.807, 2.05) is 49.4 Å². The number of carboxylic acid groups (broad SMARTS) is 1. The molecule has 1 aliphatic rings. The number of halogens is 1. The van der Waals surface area contributed by atoms with E-state index in [-0.39, 0.29) is 5.82 Å². The van der Waals surface area contributed by atoms with Gasteiger partial charge in [-0.25, -0.2) is 19.2 Å². The van der Waals surface area contributed by atoms with Gasteiger partial charge >= 0.3 is 5.97 Å². The van der Waals surface area contributed by atoms with Crippen LogP contribution in [0.3, 0.4) is 0 Å². The first-order valence-electron chi connectivity index (χ1n) is 10.8. The average Bonchev–Trinajstić information content (AvgIpc) is 3.31. The van der Waals surface area contributed by atoms with Crippen molar-refractivity contribution in [3.05, 3.63) is 78.1 Å². The molecular weight excluding hydrogens is 421 g/mol. The number of rotatable bonds is 5. The summed E-state index contributed by atoms with van der Waals surface area (Å²) < 4.78 is 18.9. The van der Waals surface area contributed by atoms with Crippen molar-refractivity contribution >= 4 is 22.8 Å². The minimum Gasteiger partial charge on any atom is -0.480 e. The highest BCUT2D eigenvalue weighted by molar-refractivity contribution is 5.96. The highest BCUT2D eigenvalue weighted by atomic mass is 19.1. The summed E-state index contributed by atoms with van der Waals surface area (Å²) in [4.78, 5) is 23.1. The number of anilines is 1. The molecule has 2 heterocycles. The normalized spacial score (nSPS) is 15.7. The Balaban J connectivity index is 1.55. The number of hydrogen-bond acceptors (Lipinski definition) is 5. The van der Waals surface area contributed by atoms with Crippen LogP contribution in [0.1, 0.15) is 18.4 Å². The molecule has 33 heavy (non-hydrogen) atoms. The van der Waals surface area contributed by atoms with Gasteiger partial charge in [-0.1, -0.05) is 12.1 Å². The van der Waals surface area contributed by atoms with Crippen LogP contribution < -0.4 is 9.64 Å². The molecule has 0 spiro atoms. The van der Waals surface area contributed by atoms with Gasteiger partial charge in [0.15, 0.2) is 0 Å². The fourth-order valence-electron chi connectivity index (χ4n) is 4.26. The van der Waals surface area contributed by atoms with Crippen molar-refractivity contribution in [1.82, 2.24) is 9.97 Å². The standard InChI is InChI=1S/C26H22FN3O3/c1-16-4-2-5-21-23(16)24(29-26(28-21)30-15-3-6-22(30)25(31)32)17-7-11-19(12-8-17)33-20-13-9-18(27)10-14-20/h2,4-5,7-14,22H,3,6,15H2,1H3,(H,31,32). The second-order valence-corrected chi connectivity index (χ2v) is 8.11. The Morgan fingerprint density at radius 3 is 2.42 bits per heavy atom. The van der Waals surface area contributed by atoms with Crippen molar-refractivity contribution in [1.29, 1.82) is 0 Å². The summed E-state index contributed by atoms with van der Waals surface area (Å²) in [6.45, 7) is 2.62. The lowest BCUT2D eigenvalue weighted by molar-refractivity contribution is -0.138. The zero-order chi connectivity index (χ0) is 22.9. The molecule has 1 aliphatic heterocycles. The Bertz CT molecular complexity index is 1320. The van der Waals surface area contributed by atoms with Crippen molar-refractivity contribution in [2.45, 2.75) is 25.8 Å². The SMILES string of the molecule is Cc1cccc2nc(N3CCCC3C(=O)O)nc(-c3ccc(Oc4ccc(F)cc4)cc3)c12. The monoisotopic (exact) mass is 443 g/mol. The molecule has 4 aromatic rings. The number of fused-ring (bicyclic) bond motifs is 1. The van der Waals surface area contributed by atoms with Crippen molar-refractivity contribution in [3.8, 4) is 22.8 Å². The lowest BCUT2D eigenvalue weighted by Crippen LogP contribution is -2.37. The first-order valence-corrected chi connectivity index (χ1v) is 10.8. The Kier molecular flexibility index (Phi) is 5.38. The summed E-state index contributed by atoms with van der Waals surface area (Å²) in [6.07, 6.45) is 1.37. The molecule has 0 saturated carbocycles. The molecule has 1 N–H and O–H groups in total. The largest absolute Gasteiger partial charge is 0.480 e. The van der Waals surface area contributed by atoms with E-state index in [2.05, 4.69) is 0 Å². The molecule has 0 radical (unpaired) electrons. The third-order valence-corrected chi connectivity index (χ3v) is 5.89. The molecule has 1 saturated heterocycles. The molecule has 0 amide bonds. The zero-order valence-electron chi connectivity index (χ0n) is 18.0. The number of aryl methyl sites for hydroxylation is 1. The summed E-state index contributed by atoms with van der Waals surface area (Å²) in [5.41, 5.74) is 3.43. The van der Waals surface area contributed by atoms with Crippen LogP contribution in [0.4, 0.5) is 10.3 Å². The first kappa shape index (κ1) is 20.9. The average molecular weight is 443 g/mol. The molecule has 0 aliphatic carbocycles. The number of benzene rings is 3. The van der Waals surface area contributed by atoms with Gasteiger partial charge in [0.05, 0.1) is 11.2 Å². The molecule has 1 atom stereocenters. The maximum absolute atomic E-state index is 13.1. The van der Waals surface area contributed by atoms with Gasteiger partial charge in [0, 0.05) is 17.5 Å². The summed E-state index contributed by atoms with van der Waals surface area (Å²) in [6, 6.07) is 18.6. The second-order valence-electron chi connectivity index (χ2n) is 8.11. The van der Waals surface area contributed by atoms with E-state index in [0.29, 0.717) is 30.4 Å². The van der Waals surface area contributed by atoms with Crippen LogP contribution >= 0.6 is 0 Å². The Hall–Kier alpha value is -4.00. The molecule has 6 nitrogen and oxygen atoms in total. The third-order valence-electron chi connectivity index (χ3n) is 5.89. The van der Waals surface area contributed by atoms with Crippen molar-refractivity contribution in [3.63, 3.8) is 0 Å². The molecular formula is C26H22FN3O3. The van der Waals surface area contributed by atoms with Gasteiger partial charge in [0.2, 0.25) is 5.95 Å². The number of aromatic nitrogens is 2. The van der Waals surface area contributed by atoms with E-state index in [1.54, 1.807) is 17.0 Å². The summed E-state index contributed by atoms with van der Waals surface area (Å²) in [5, 5.41) is 10.6. The van der Waals surface area contributed by atoms with Crippen LogP contribution in [0.5, 0.6) is 11.5 Å². The number of aliphatic carboxylic acids is 1. The number of carboxylic acids is 1. The van der Waals surface area contributed by atoms with Gasteiger partial charge in [-0.05, 0) is 79.9 Å². The first-order chi connectivity index (χ1) is 16.0. The Morgan fingerprint density at radius 1 is 1.03 bits per heavy atom. The zero-order valence-corrected chi connectivity index (χ0v) is 18.0. The minimum atomic E-state index is -0.857. The van der Waals surface area contributed by atoms with E-state index >= 15 is 0 Å². The van der Waals surface area contributed by atoms with Gasteiger partial charge in [-0.15, -0.1) is 0 Å². The predicted octanol–water partition coefficient (Wildman–Crippen LogP) is 5.59. The van der Waals surface area contributed by atoms with Crippen LogP contribution in [0, 0.1) is 12.7 Å². The summed E-state index contributed by atoms with van der Waals surface area (Å²) in [7, 11) is 0. The van der Waals surface area contributed by atoms with Gasteiger partial charge in [-0.3, -0.25) is 0 Å². The Morgan fingerprint density at radius 2 is 1.73 bits per heavy atom. The van der Waals surface area contributed by atoms with Gasteiger partial charge in [0.1, 0.15) is 23.4 Å². The van der Waals surface area contributed by atoms with E-state index < -0.39 is 12.0 Å². The van der Waals surface area contributed by atoms with Crippen molar-refractivity contribution in [2.75, 3.05) is 11.4 Å². The third kappa shape index (κ3) is 4.09. The lowest BCUT2D eigenvalue weighted by Gasteiger charge is -2.23. The summed E-state index contributed by atoms with van der Waals surface area (Å²) in [5.74, 6) is 0.418. The molecule has 1 unspecified atom stereocenters. The molecule has 166 valence electrons. The molecule has 5 rings (SSSR count). The van der Waals surface area contributed by atoms with Crippen LogP contribution in [0.2, 0.25) is 0 Å². The molecule has 1 fully saturated rings. The van der Waals surface area contributed by atoms with Gasteiger partial charge in [-0.2, -0.15) is 0 Å².